The van der Waals surface area contributed by atoms with Gasteiger partial charge in [-0.25, -0.2) is 14.4 Å². The van der Waals surface area contributed by atoms with E-state index in [4.69, 9.17) is 9.47 Å². The van der Waals surface area contributed by atoms with E-state index >= 15 is 0 Å². The molecule has 1 N–H and O–H groups in total. The monoisotopic (exact) mass is 473 g/mol. The number of halogens is 1. The summed E-state index contributed by atoms with van der Waals surface area (Å²) >= 11 is 2.17. The fourth-order valence-corrected chi connectivity index (χ4v) is 3.78. The van der Waals surface area contributed by atoms with Crippen LogP contribution in [0.1, 0.15) is 12.8 Å². The minimum absolute atomic E-state index is 0.0126. The van der Waals surface area contributed by atoms with Crippen molar-refractivity contribution in [1.29, 1.82) is 0 Å². The maximum Gasteiger partial charge on any atom is 0.410 e. The average molecular weight is 473 g/mol. The van der Waals surface area contributed by atoms with E-state index in [-0.39, 0.29) is 18.7 Å². The van der Waals surface area contributed by atoms with Crippen molar-refractivity contribution in [3.63, 3.8) is 0 Å². The Bertz CT molecular complexity index is 705. The normalized spacial score (nSPS) is 20.7. The number of nitrogens with zero attached hydrogens (tertiary/aromatic N) is 2. The molecule has 8 nitrogen and oxygen atoms in total. The molecule has 1 atom stereocenters. The summed E-state index contributed by atoms with van der Waals surface area (Å²) in [5, 5.41) is 2.91. The number of amides is 3. The lowest BCUT2D eigenvalue weighted by molar-refractivity contribution is -0.145. The lowest BCUT2D eigenvalue weighted by Crippen LogP contribution is -2.52. The predicted molar refractivity (Wildman–Crippen MR) is 102 cm³/mol. The zero-order valence-electron chi connectivity index (χ0n) is 14.3. The number of hydrogen-bond donors (Lipinski definition) is 1. The van der Waals surface area contributed by atoms with Gasteiger partial charge in [0, 0.05) is 22.7 Å². The molecular formula is C17H20IN3O5. The molecule has 2 aliphatic rings. The van der Waals surface area contributed by atoms with Crippen LogP contribution in [0.4, 0.5) is 15.3 Å². The molecule has 0 saturated carbocycles. The highest BCUT2D eigenvalue weighted by atomic mass is 127. The number of carbonyl (C=O) groups excluding carboxylic acids is 3. The second-order valence-corrected chi connectivity index (χ2v) is 7.31. The average Bonchev–Trinajstić information content (AvgIpc) is 3.04. The minimum Gasteiger partial charge on any atom is -0.467 e. The van der Waals surface area contributed by atoms with Crippen LogP contribution in [0, 0.1) is 3.57 Å². The Morgan fingerprint density at radius 3 is 2.62 bits per heavy atom. The zero-order chi connectivity index (χ0) is 18.7. The maximum absolute atomic E-state index is 12.5. The summed E-state index contributed by atoms with van der Waals surface area (Å²) in [5.74, 6) is -0.477. The number of benzene rings is 1. The SMILES string of the molecule is COC(=O)[C@@H]1COC(=O)N1C1CCN(C(=O)Nc2ccccc2I)CC1. The number of rotatable bonds is 3. The first kappa shape index (κ1) is 18.7. The molecule has 0 radical (unpaired) electrons. The maximum atomic E-state index is 12.5. The van der Waals surface area contributed by atoms with Crippen molar-refractivity contribution in [2.75, 3.05) is 32.1 Å². The van der Waals surface area contributed by atoms with Crippen molar-refractivity contribution in [3.05, 3.63) is 27.8 Å². The van der Waals surface area contributed by atoms with E-state index in [2.05, 4.69) is 27.9 Å². The van der Waals surface area contributed by atoms with Crippen molar-refractivity contribution >= 4 is 46.4 Å². The zero-order valence-corrected chi connectivity index (χ0v) is 16.5. The van der Waals surface area contributed by atoms with Gasteiger partial charge in [0.2, 0.25) is 0 Å². The van der Waals surface area contributed by atoms with Crippen LogP contribution in [0.5, 0.6) is 0 Å². The summed E-state index contributed by atoms with van der Waals surface area (Å²) < 4.78 is 10.7. The number of piperidine rings is 1. The molecule has 9 heteroatoms. The molecule has 2 aliphatic heterocycles. The number of hydrogen-bond acceptors (Lipinski definition) is 5. The molecule has 2 heterocycles. The molecule has 1 aromatic rings. The molecular weight excluding hydrogens is 453 g/mol. The molecule has 0 bridgehead atoms. The van der Waals surface area contributed by atoms with Crippen molar-refractivity contribution in [1.82, 2.24) is 9.80 Å². The molecule has 3 rings (SSSR count). The third-order valence-electron chi connectivity index (χ3n) is 4.65. The molecule has 2 saturated heterocycles. The van der Waals surface area contributed by atoms with Crippen molar-refractivity contribution < 1.29 is 23.9 Å². The lowest BCUT2D eigenvalue weighted by Gasteiger charge is -2.37. The topological polar surface area (TPSA) is 88.2 Å². The fourth-order valence-electron chi connectivity index (χ4n) is 3.26. The van der Waals surface area contributed by atoms with E-state index < -0.39 is 18.1 Å². The van der Waals surface area contributed by atoms with Gasteiger partial charge in [0.1, 0.15) is 6.61 Å². The van der Waals surface area contributed by atoms with Crippen LogP contribution in [0.2, 0.25) is 0 Å². The molecule has 26 heavy (non-hydrogen) atoms. The highest BCUT2D eigenvalue weighted by molar-refractivity contribution is 14.1. The molecule has 0 aliphatic carbocycles. The first-order valence-corrected chi connectivity index (χ1v) is 9.42. The molecule has 0 aromatic heterocycles. The lowest BCUT2D eigenvalue weighted by atomic mass is 10.0. The van der Waals surface area contributed by atoms with E-state index in [1.54, 1.807) is 4.90 Å². The van der Waals surface area contributed by atoms with Crippen LogP contribution in [-0.4, -0.2) is 66.8 Å². The predicted octanol–water partition coefficient (Wildman–Crippen LogP) is 2.28. The number of ether oxygens (including phenoxy) is 2. The smallest absolute Gasteiger partial charge is 0.410 e. The van der Waals surface area contributed by atoms with Crippen LogP contribution >= 0.6 is 22.6 Å². The minimum atomic E-state index is -0.705. The van der Waals surface area contributed by atoms with E-state index in [0.29, 0.717) is 25.9 Å². The third kappa shape index (κ3) is 3.87. The van der Waals surface area contributed by atoms with Gasteiger partial charge in [-0.05, 0) is 47.6 Å². The fraction of sp³-hybridized carbons (Fsp3) is 0.471. The molecule has 0 spiro atoms. The number of para-hydroxylation sites is 1. The number of likely N-dealkylation sites (tertiary alicyclic amines) is 1. The molecule has 2 fully saturated rings. The van der Waals surface area contributed by atoms with Gasteiger partial charge >= 0.3 is 18.1 Å². The molecule has 140 valence electrons. The number of esters is 1. The van der Waals surface area contributed by atoms with E-state index in [9.17, 15) is 14.4 Å². The van der Waals surface area contributed by atoms with Crippen LogP contribution in [0.25, 0.3) is 0 Å². The Hall–Kier alpha value is -2.04. The highest BCUT2D eigenvalue weighted by Gasteiger charge is 2.44. The number of urea groups is 1. The highest BCUT2D eigenvalue weighted by Crippen LogP contribution is 2.25. The van der Waals surface area contributed by atoms with Crippen molar-refractivity contribution in [2.24, 2.45) is 0 Å². The number of cyclic esters (lactones) is 1. The van der Waals surface area contributed by atoms with Crippen LogP contribution in [-0.2, 0) is 14.3 Å². The standard InChI is InChI=1S/C17H20IN3O5/c1-25-15(22)14-10-26-17(24)21(14)11-6-8-20(9-7-11)16(23)19-13-5-3-2-4-12(13)18/h2-5,11,14H,6-10H2,1H3,(H,19,23)/t14-/m0/s1. The van der Waals surface area contributed by atoms with Crippen LogP contribution in [0.3, 0.4) is 0 Å². The van der Waals surface area contributed by atoms with Crippen LogP contribution in [0.15, 0.2) is 24.3 Å². The first-order chi connectivity index (χ1) is 12.5. The van der Waals surface area contributed by atoms with Gasteiger partial charge in [0.15, 0.2) is 6.04 Å². The number of methoxy groups -OCH3 is 1. The van der Waals surface area contributed by atoms with Gasteiger partial charge < -0.3 is 19.7 Å². The summed E-state index contributed by atoms with van der Waals surface area (Å²) in [4.78, 5) is 39.5. The second-order valence-electron chi connectivity index (χ2n) is 6.15. The van der Waals surface area contributed by atoms with Crippen molar-refractivity contribution in [3.8, 4) is 0 Å². The first-order valence-electron chi connectivity index (χ1n) is 8.34. The van der Waals surface area contributed by atoms with Crippen LogP contribution < -0.4 is 5.32 Å². The Labute approximate surface area is 164 Å². The summed E-state index contributed by atoms with van der Waals surface area (Å²) in [6, 6.07) is 6.55. The molecule has 0 unspecified atom stereocenters. The Morgan fingerprint density at radius 2 is 1.96 bits per heavy atom. The largest absolute Gasteiger partial charge is 0.467 e. The quantitative estimate of drug-likeness (QED) is 0.538. The molecule has 1 aromatic carbocycles. The van der Waals surface area contributed by atoms with E-state index in [1.165, 1.54) is 12.0 Å². The number of nitrogens with one attached hydrogen (secondary N) is 1. The van der Waals surface area contributed by atoms with E-state index in [1.807, 2.05) is 24.3 Å². The number of carbonyl (C=O) groups is 3. The Balaban J connectivity index is 1.58. The van der Waals surface area contributed by atoms with Gasteiger partial charge in [-0.15, -0.1) is 0 Å². The van der Waals surface area contributed by atoms with E-state index in [0.717, 1.165) is 9.26 Å². The van der Waals surface area contributed by atoms with Gasteiger partial charge in [-0.2, -0.15) is 0 Å². The van der Waals surface area contributed by atoms with Crippen molar-refractivity contribution in [2.45, 2.75) is 24.9 Å². The van der Waals surface area contributed by atoms with Gasteiger partial charge in [0.25, 0.3) is 0 Å². The summed E-state index contributed by atoms with van der Waals surface area (Å²) in [7, 11) is 1.29. The summed E-state index contributed by atoms with van der Waals surface area (Å²) in [6.07, 6.45) is 0.672. The summed E-state index contributed by atoms with van der Waals surface area (Å²) in [5.41, 5.74) is 0.772. The van der Waals surface area contributed by atoms with Gasteiger partial charge in [-0.1, -0.05) is 12.1 Å². The Kier molecular flexibility index (Phi) is 5.84. The third-order valence-corrected chi connectivity index (χ3v) is 5.59. The Morgan fingerprint density at radius 1 is 1.27 bits per heavy atom. The second kappa shape index (κ2) is 8.11. The molecule has 3 amide bonds. The van der Waals surface area contributed by atoms with Gasteiger partial charge in [0.05, 0.1) is 12.8 Å². The number of anilines is 1. The van der Waals surface area contributed by atoms with Gasteiger partial charge in [-0.3, -0.25) is 4.90 Å². The summed E-state index contributed by atoms with van der Waals surface area (Å²) in [6.45, 7) is 1.01.